The molecule has 0 unspecified atom stereocenters. The van der Waals surface area contributed by atoms with Gasteiger partial charge in [0.05, 0.1) is 20.8 Å². The lowest BCUT2D eigenvalue weighted by Crippen LogP contribution is -2.31. The van der Waals surface area contributed by atoms with E-state index in [1.165, 1.54) is 14.2 Å². The van der Waals surface area contributed by atoms with E-state index in [9.17, 15) is 9.59 Å². The van der Waals surface area contributed by atoms with Gasteiger partial charge in [-0.1, -0.05) is 0 Å². The van der Waals surface area contributed by atoms with Crippen LogP contribution in [0.2, 0.25) is 0 Å². The Labute approximate surface area is 129 Å². The lowest BCUT2D eigenvalue weighted by Gasteiger charge is -2.16. The number of benzene rings is 1. The Morgan fingerprint density at radius 2 is 1.77 bits per heavy atom. The molecular weight excluding hydrogens is 288 g/mol. The second-order valence-electron chi connectivity index (χ2n) is 4.88. The molecule has 1 aromatic carbocycles. The number of methoxy groups -OCH3 is 2. The van der Waals surface area contributed by atoms with Gasteiger partial charge in [-0.15, -0.1) is 0 Å². The number of hydrogen-bond donors (Lipinski definition) is 2. The van der Waals surface area contributed by atoms with E-state index in [-0.39, 0.29) is 18.9 Å². The summed E-state index contributed by atoms with van der Waals surface area (Å²) in [6.07, 6.45) is 0.602. The van der Waals surface area contributed by atoms with Gasteiger partial charge in [0.1, 0.15) is 11.5 Å². The number of carbonyl (C=O) groups is 2. The zero-order chi connectivity index (χ0) is 16.5. The molecule has 0 spiro atoms. The molecule has 0 heterocycles. The smallest absolute Gasteiger partial charge is 0.303 e. The molecule has 2 N–H and O–H groups in total. The van der Waals surface area contributed by atoms with Crippen LogP contribution in [0.15, 0.2) is 18.2 Å². The molecule has 0 fully saturated rings. The fraction of sp³-hybridized carbons (Fsp3) is 0.467. The van der Waals surface area contributed by atoms with Gasteiger partial charge in [-0.25, -0.2) is 0 Å². The van der Waals surface area contributed by atoms with E-state index in [0.29, 0.717) is 30.2 Å². The lowest BCUT2D eigenvalue weighted by molar-refractivity contribution is -0.137. The van der Waals surface area contributed by atoms with Crippen molar-refractivity contribution < 1.29 is 24.2 Å². The van der Waals surface area contributed by atoms with Gasteiger partial charge in [-0.3, -0.25) is 14.5 Å². The molecule has 122 valence electrons. The second kappa shape index (κ2) is 8.89. The van der Waals surface area contributed by atoms with E-state index in [2.05, 4.69) is 5.32 Å². The minimum Gasteiger partial charge on any atom is -0.497 e. The van der Waals surface area contributed by atoms with Crippen molar-refractivity contribution in [3.05, 3.63) is 18.2 Å². The monoisotopic (exact) mass is 310 g/mol. The zero-order valence-electron chi connectivity index (χ0n) is 13.1. The van der Waals surface area contributed by atoms with Crippen LogP contribution in [0.5, 0.6) is 11.5 Å². The molecule has 1 aromatic rings. The zero-order valence-corrected chi connectivity index (χ0v) is 13.1. The molecular formula is C15H22N2O5. The van der Waals surface area contributed by atoms with Crippen molar-refractivity contribution in [3.63, 3.8) is 0 Å². The molecule has 1 amide bonds. The molecule has 0 bridgehead atoms. The van der Waals surface area contributed by atoms with Crippen molar-refractivity contribution in [1.82, 2.24) is 4.90 Å². The van der Waals surface area contributed by atoms with Crippen LogP contribution in [0.4, 0.5) is 5.69 Å². The summed E-state index contributed by atoms with van der Waals surface area (Å²) in [4.78, 5) is 24.2. The summed E-state index contributed by atoms with van der Waals surface area (Å²) in [5.74, 6) is 0.156. The van der Waals surface area contributed by atoms with Gasteiger partial charge in [0.2, 0.25) is 5.91 Å². The molecule has 0 radical (unpaired) electrons. The summed E-state index contributed by atoms with van der Waals surface area (Å²) >= 11 is 0. The van der Waals surface area contributed by atoms with Gasteiger partial charge in [-0.2, -0.15) is 0 Å². The van der Waals surface area contributed by atoms with Crippen LogP contribution in [-0.4, -0.2) is 56.2 Å². The number of likely N-dealkylation sites (N-methyl/N-ethyl adjacent to an activating group) is 1. The van der Waals surface area contributed by atoms with Crippen molar-refractivity contribution in [1.29, 1.82) is 0 Å². The van der Waals surface area contributed by atoms with E-state index < -0.39 is 5.97 Å². The first-order valence-corrected chi connectivity index (χ1v) is 6.88. The van der Waals surface area contributed by atoms with Gasteiger partial charge < -0.3 is 19.9 Å². The van der Waals surface area contributed by atoms with E-state index in [1.54, 1.807) is 30.1 Å². The number of hydrogen-bond acceptors (Lipinski definition) is 5. The van der Waals surface area contributed by atoms with Crippen molar-refractivity contribution in [2.75, 3.05) is 39.7 Å². The highest BCUT2D eigenvalue weighted by atomic mass is 16.5. The maximum atomic E-state index is 12.0. The molecule has 0 atom stereocenters. The minimum atomic E-state index is -0.832. The number of nitrogens with one attached hydrogen (secondary N) is 1. The first-order chi connectivity index (χ1) is 10.4. The van der Waals surface area contributed by atoms with Gasteiger partial charge in [-0.05, 0) is 20.0 Å². The lowest BCUT2D eigenvalue weighted by atomic mass is 10.2. The number of ether oxygens (including phenoxy) is 2. The van der Waals surface area contributed by atoms with Gasteiger partial charge in [0.25, 0.3) is 0 Å². The third kappa shape index (κ3) is 6.45. The normalized spacial score (nSPS) is 10.4. The summed E-state index contributed by atoms with van der Waals surface area (Å²) in [5.41, 5.74) is 0.583. The van der Waals surface area contributed by atoms with E-state index in [4.69, 9.17) is 14.6 Å². The summed E-state index contributed by atoms with van der Waals surface area (Å²) < 4.78 is 10.3. The first-order valence-electron chi connectivity index (χ1n) is 6.88. The number of nitrogens with zero attached hydrogens (tertiary/aromatic N) is 1. The highest BCUT2D eigenvalue weighted by Gasteiger charge is 2.09. The number of anilines is 1. The molecule has 0 aliphatic heterocycles. The highest BCUT2D eigenvalue weighted by Crippen LogP contribution is 2.25. The predicted molar refractivity (Wildman–Crippen MR) is 82.5 cm³/mol. The number of amides is 1. The molecule has 1 rings (SSSR count). The van der Waals surface area contributed by atoms with Gasteiger partial charge >= 0.3 is 5.97 Å². The van der Waals surface area contributed by atoms with Crippen LogP contribution in [0.25, 0.3) is 0 Å². The third-order valence-corrected chi connectivity index (χ3v) is 2.98. The first kappa shape index (κ1) is 17.8. The number of carbonyl (C=O) groups excluding carboxylic acids is 1. The number of aliphatic carboxylic acids is 1. The maximum Gasteiger partial charge on any atom is 0.303 e. The highest BCUT2D eigenvalue weighted by molar-refractivity contribution is 5.92. The van der Waals surface area contributed by atoms with E-state index >= 15 is 0 Å². The Morgan fingerprint density at radius 1 is 1.18 bits per heavy atom. The fourth-order valence-electron chi connectivity index (χ4n) is 1.90. The second-order valence-corrected chi connectivity index (χ2v) is 4.88. The fourth-order valence-corrected chi connectivity index (χ4v) is 1.90. The van der Waals surface area contributed by atoms with Crippen LogP contribution in [-0.2, 0) is 9.59 Å². The number of carboxylic acids is 1. The number of carboxylic acid groups (broad SMARTS) is 1. The Kier molecular flexibility index (Phi) is 7.18. The summed E-state index contributed by atoms with van der Waals surface area (Å²) in [5, 5.41) is 11.3. The Hall–Kier alpha value is -2.28. The van der Waals surface area contributed by atoms with Crippen molar-refractivity contribution in [3.8, 4) is 11.5 Å². The third-order valence-electron chi connectivity index (χ3n) is 2.98. The Balaban J connectivity index is 2.52. The standard InChI is InChI=1S/C15H22N2O5/c1-17(6-4-5-15(19)20)10-14(18)16-11-7-12(21-2)9-13(8-11)22-3/h7-9H,4-6,10H2,1-3H3,(H,16,18)(H,19,20). The SMILES string of the molecule is COc1cc(NC(=O)CN(C)CCCC(=O)O)cc(OC)c1. The van der Waals surface area contributed by atoms with E-state index in [1.807, 2.05) is 0 Å². The molecule has 22 heavy (non-hydrogen) atoms. The average Bonchev–Trinajstić information content (AvgIpc) is 2.45. The number of rotatable bonds is 9. The molecule has 0 aliphatic rings. The molecule has 0 saturated heterocycles. The van der Waals surface area contributed by atoms with Crippen molar-refractivity contribution >= 4 is 17.6 Å². The maximum absolute atomic E-state index is 12.0. The van der Waals surface area contributed by atoms with Crippen molar-refractivity contribution in [2.24, 2.45) is 0 Å². The van der Waals surface area contributed by atoms with Gasteiger partial charge in [0.15, 0.2) is 0 Å². The minimum absolute atomic E-state index is 0.0963. The van der Waals surface area contributed by atoms with Crippen LogP contribution >= 0.6 is 0 Å². The van der Waals surface area contributed by atoms with E-state index in [0.717, 1.165) is 0 Å². The van der Waals surface area contributed by atoms with Gasteiger partial charge in [0, 0.05) is 30.3 Å². The molecule has 0 aliphatic carbocycles. The molecule has 0 aromatic heterocycles. The summed E-state index contributed by atoms with van der Waals surface area (Å²) in [6.45, 7) is 0.723. The van der Waals surface area contributed by atoms with Crippen LogP contribution in [0, 0.1) is 0 Å². The summed E-state index contributed by atoms with van der Waals surface area (Å²) in [6, 6.07) is 5.11. The molecule has 0 saturated carbocycles. The average molecular weight is 310 g/mol. The Bertz CT molecular complexity index is 496. The quantitative estimate of drug-likeness (QED) is 0.717. The Morgan fingerprint density at radius 3 is 2.27 bits per heavy atom. The molecule has 7 heteroatoms. The van der Waals surface area contributed by atoms with Crippen molar-refractivity contribution in [2.45, 2.75) is 12.8 Å². The van der Waals surface area contributed by atoms with Crippen LogP contribution in [0.1, 0.15) is 12.8 Å². The predicted octanol–water partition coefficient (Wildman–Crippen LogP) is 1.44. The topological polar surface area (TPSA) is 88.1 Å². The largest absolute Gasteiger partial charge is 0.497 e. The van der Waals surface area contributed by atoms with Crippen LogP contribution in [0.3, 0.4) is 0 Å². The molecule has 7 nitrogen and oxygen atoms in total. The summed E-state index contributed by atoms with van der Waals surface area (Å²) in [7, 11) is 4.85. The van der Waals surface area contributed by atoms with Crippen LogP contribution < -0.4 is 14.8 Å².